The van der Waals surface area contributed by atoms with E-state index < -0.39 is 0 Å². The minimum Gasteiger partial charge on any atom is -0.355 e. The second-order valence-electron chi connectivity index (χ2n) is 12.7. The summed E-state index contributed by atoms with van der Waals surface area (Å²) in [5.41, 5.74) is 10.7. The van der Waals surface area contributed by atoms with Crippen LogP contribution < -0.4 is 5.32 Å². The smallest absolute Gasteiger partial charge is 0.235 e. The van der Waals surface area contributed by atoms with Crippen LogP contribution in [0.3, 0.4) is 0 Å². The molecular formula is C45H30N6. The summed E-state index contributed by atoms with van der Waals surface area (Å²) in [6.07, 6.45) is 1.47. The number of anilines is 2. The summed E-state index contributed by atoms with van der Waals surface area (Å²) < 4.78 is 4.43. The van der Waals surface area contributed by atoms with E-state index >= 15 is 0 Å². The van der Waals surface area contributed by atoms with Crippen molar-refractivity contribution >= 4 is 72.1 Å². The second kappa shape index (κ2) is 11.5. The van der Waals surface area contributed by atoms with Gasteiger partial charge in [0, 0.05) is 61.3 Å². The van der Waals surface area contributed by atoms with Gasteiger partial charge in [0.2, 0.25) is 5.95 Å². The highest BCUT2D eigenvalue weighted by Crippen LogP contribution is 2.39. The van der Waals surface area contributed by atoms with E-state index in [0.717, 1.165) is 88.4 Å². The van der Waals surface area contributed by atoms with E-state index in [1.54, 1.807) is 0 Å². The minimum absolute atomic E-state index is 0.629. The number of nitrogens with zero attached hydrogens (tertiary/aromatic N) is 4. The van der Waals surface area contributed by atoms with Gasteiger partial charge in [0.1, 0.15) is 0 Å². The SMILES string of the molecule is N=Cc1c(Nc2ccc3c(c2)c2ccccc2n3-c2nc(-c3ccccc3)c3ccccc3n2)ccc2c3ccccc3n(-c3ccccc3)c12. The van der Waals surface area contributed by atoms with Crippen LogP contribution in [-0.2, 0) is 0 Å². The molecule has 7 aromatic carbocycles. The van der Waals surface area contributed by atoms with Crippen molar-refractivity contribution in [3.05, 3.63) is 169 Å². The Morgan fingerprint density at radius 2 is 1.14 bits per heavy atom. The first-order valence-corrected chi connectivity index (χ1v) is 17.0. The van der Waals surface area contributed by atoms with Gasteiger partial charge in [0.25, 0.3) is 0 Å². The maximum Gasteiger partial charge on any atom is 0.235 e. The molecule has 240 valence electrons. The summed E-state index contributed by atoms with van der Waals surface area (Å²) in [7, 11) is 0. The lowest BCUT2D eigenvalue weighted by Gasteiger charge is -2.14. The highest BCUT2D eigenvalue weighted by Gasteiger charge is 2.20. The Labute approximate surface area is 293 Å². The predicted octanol–water partition coefficient (Wildman–Crippen LogP) is 11.2. The van der Waals surface area contributed by atoms with Gasteiger partial charge in [-0.05, 0) is 54.6 Å². The lowest BCUT2D eigenvalue weighted by molar-refractivity contribution is 1.01. The van der Waals surface area contributed by atoms with Gasteiger partial charge in [-0.15, -0.1) is 0 Å². The molecule has 0 fully saturated rings. The summed E-state index contributed by atoms with van der Waals surface area (Å²) in [4.78, 5) is 10.3. The molecule has 51 heavy (non-hydrogen) atoms. The van der Waals surface area contributed by atoms with Crippen molar-refractivity contribution in [1.82, 2.24) is 19.1 Å². The Bertz CT molecular complexity index is 2960. The van der Waals surface area contributed by atoms with Crippen LogP contribution in [0.15, 0.2) is 164 Å². The fraction of sp³-hybridized carbons (Fsp3) is 0. The first-order valence-electron chi connectivity index (χ1n) is 17.0. The van der Waals surface area contributed by atoms with Crippen LogP contribution in [0, 0.1) is 5.41 Å². The summed E-state index contributed by atoms with van der Waals surface area (Å²) in [6.45, 7) is 0. The standard InChI is InChI=1S/C45H30N6/c46-28-37-39(25-24-34-32-17-8-11-21-40(32)50(44(34)37)31-15-5-2-6-16-31)47-30-23-26-42-36(27-30)33-18-9-12-22-41(33)51(42)45-48-38-20-10-7-19-35(38)43(49-45)29-13-3-1-4-14-29/h1-28,46-47H. The van der Waals surface area contributed by atoms with Crippen molar-refractivity contribution in [3.8, 4) is 22.9 Å². The number of fused-ring (bicyclic) bond motifs is 7. The van der Waals surface area contributed by atoms with Crippen molar-refractivity contribution in [2.24, 2.45) is 0 Å². The number of rotatable bonds is 6. The van der Waals surface area contributed by atoms with Gasteiger partial charge in [-0.1, -0.05) is 109 Å². The molecule has 3 heterocycles. The van der Waals surface area contributed by atoms with Gasteiger partial charge in [0.05, 0.1) is 33.3 Å². The number of para-hydroxylation sites is 4. The summed E-state index contributed by atoms with van der Waals surface area (Å²) in [5, 5.41) is 17.8. The van der Waals surface area contributed by atoms with E-state index in [9.17, 15) is 0 Å². The van der Waals surface area contributed by atoms with Crippen molar-refractivity contribution in [3.63, 3.8) is 0 Å². The number of benzene rings is 7. The molecule has 0 spiro atoms. The lowest BCUT2D eigenvalue weighted by Crippen LogP contribution is -2.03. The molecule has 0 saturated carbocycles. The maximum absolute atomic E-state index is 8.64. The van der Waals surface area contributed by atoms with E-state index in [0.29, 0.717) is 5.95 Å². The summed E-state index contributed by atoms with van der Waals surface area (Å²) in [6, 6.07) is 56.5. The van der Waals surface area contributed by atoms with E-state index in [1.165, 1.54) is 6.21 Å². The van der Waals surface area contributed by atoms with Crippen LogP contribution in [0.25, 0.3) is 77.4 Å². The molecule has 10 rings (SSSR count). The van der Waals surface area contributed by atoms with Crippen LogP contribution in [0.2, 0.25) is 0 Å². The minimum atomic E-state index is 0.629. The fourth-order valence-corrected chi connectivity index (χ4v) is 7.59. The van der Waals surface area contributed by atoms with E-state index in [4.69, 9.17) is 15.4 Å². The molecule has 0 unspecified atom stereocenters. The molecule has 0 aliphatic carbocycles. The first-order chi connectivity index (χ1) is 25.3. The van der Waals surface area contributed by atoms with Crippen LogP contribution in [0.5, 0.6) is 0 Å². The Kier molecular flexibility index (Phi) is 6.54. The maximum atomic E-state index is 8.64. The monoisotopic (exact) mass is 654 g/mol. The number of hydrogen-bond acceptors (Lipinski definition) is 4. The normalized spacial score (nSPS) is 11.6. The molecule has 0 radical (unpaired) electrons. The van der Waals surface area contributed by atoms with Crippen LogP contribution in [0.4, 0.5) is 11.4 Å². The quantitative estimate of drug-likeness (QED) is 0.175. The Morgan fingerprint density at radius 3 is 1.90 bits per heavy atom. The summed E-state index contributed by atoms with van der Waals surface area (Å²) in [5.74, 6) is 0.629. The molecule has 0 aliphatic heterocycles. The topological polar surface area (TPSA) is 71.5 Å². The van der Waals surface area contributed by atoms with Crippen LogP contribution in [-0.4, -0.2) is 25.3 Å². The molecule has 6 heteroatoms. The first kappa shape index (κ1) is 28.9. The van der Waals surface area contributed by atoms with Crippen LogP contribution in [0.1, 0.15) is 5.56 Å². The van der Waals surface area contributed by atoms with E-state index in [-0.39, 0.29) is 0 Å². The zero-order chi connectivity index (χ0) is 33.9. The zero-order valence-electron chi connectivity index (χ0n) is 27.5. The molecule has 0 saturated heterocycles. The molecule has 2 N–H and O–H groups in total. The third kappa shape index (κ3) is 4.54. The largest absolute Gasteiger partial charge is 0.355 e. The third-order valence-corrected chi connectivity index (χ3v) is 9.82. The lowest BCUT2D eigenvalue weighted by atomic mass is 10.1. The summed E-state index contributed by atoms with van der Waals surface area (Å²) >= 11 is 0. The molecular weight excluding hydrogens is 625 g/mol. The Balaban J connectivity index is 1.15. The zero-order valence-corrected chi connectivity index (χ0v) is 27.5. The predicted molar refractivity (Wildman–Crippen MR) is 211 cm³/mol. The fourth-order valence-electron chi connectivity index (χ4n) is 7.59. The molecule has 6 nitrogen and oxygen atoms in total. The molecule has 3 aromatic heterocycles. The second-order valence-corrected chi connectivity index (χ2v) is 12.7. The highest BCUT2D eigenvalue weighted by atomic mass is 15.2. The van der Waals surface area contributed by atoms with E-state index in [1.807, 2.05) is 36.4 Å². The molecule has 0 atom stereocenters. The highest BCUT2D eigenvalue weighted by molar-refractivity contribution is 6.16. The molecule has 0 aliphatic rings. The number of aromatic nitrogens is 4. The van der Waals surface area contributed by atoms with Gasteiger partial charge in [0.15, 0.2) is 0 Å². The van der Waals surface area contributed by atoms with Gasteiger partial charge >= 0.3 is 0 Å². The Morgan fingerprint density at radius 1 is 0.510 bits per heavy atom. The van der Waals surface area contributed by atoms with Crippen molar-refractivity contribution in [1.29, 1.82) is 5.41 Å². The number of hydrogen-bond donors (Lipinski definition) is 2. The van der Waals surface area contributed by atoms with Crippen LogP contribution >= 0.6 is 0 Å². The molecule has 0 amide bonds. The third-order valence-electron chi connectivity index (χ3n) is 9.82. The van der Waals surface area contributed by atoms with Gasteiger partial charge in [-0.2, -0.15) is 0 Å². The van der Waals surface area contributed by atoms with Crippen molar-refractivity contribution in [2.45, 2.75) is 0 Å². The molecule has 0 bridgehead atoms. The van der Waals surface area contributed by atoms with Gasteiger partial charge in [-0.25, -0.2) is 9.97 Å². The van der Waals surface area contributed by atoms with Gasteiger partial charge in [-0.3, -0.25) is 4.57 Å². The number of nitrogens with one attached hydrogen (secondary N) is 2. The average molecular weight is 655 g/mol. The van der Waals surface area contributed by atoms with Crippen molar-refractivity contribution < 1.29 is 0 Å². The van der Waals surface area contributed by atoms with Crippen molar-refractivity contribution in [2.75, 3.05) is 5.32 Å². The molecule has 10 aromatic rings. The van der Waals surface area contributed by atoms with Gasteiger partial charge < -0.3 is 15.3 Å². The van der Waals surface area contributed by atoms with E-state index in [2.05, 4.69) is 142 Å². The Hall–Kier alpha value is -7.05. The average Bonchev–Trinajstić information content (AvgIpc) is 3.71.